The molecule has 0 amide bonds. The van der Waals surface area contributed by atoms with E-state index in [4.69, 9.17) is 5.11 Å². The summed E-state index contributed by atoms with van der Waals surface area (Å²) in [6, 6.07) is 1.38. The molecule has 7 heteroatoms. The molecule has 6 nitrogen and oxygen atoms in total. The van der Waals surface area contributed by atoms with Crippen molar-refractivity contribution in [3.8, 4) is 0 Å². The fourth-order valence-electron chi connectivity index (χ4n) is 1.09. The highest BCUT2D eigenvalue weighted by Gasteiger charge is 2.07. The van der Waals surface area contributed by atoms with Crippen molar-refractivity contribution >= 4 is 15.8 Å². The molecule has 0 aromatic carbocycles. The molecule has 1 heterocycles. The molecule has 0 spiro atoms. The third kappa shape index (κ3) is 4.11. The van der Waals surface area contributed by atoms with Crippen molar-refractivity contribution in [2.75, 3.05) is 12.0 Å². The summed E-state index contributed by atoms with van der Waals surface area (Å²) in [7, 11) is -2.96. The number of nitrogens with zero attached hydrogens (tertiary/aromatic N) is 2. The molecule has 0 aliphatic heterocycles. The molecule has 1 N–H and O–H groups in total. The van der Waals surface area contributed by atoms with Crippen LogP contribution in [-0.2, 0) is 16.4 Å². The first-order valence-electron chi connectivity index (χ1n) is 4.33. The number of aromatic carboxylic acids is 1. The lowest BCUT2D eigenvalue weighted by molar-refractivity contribution is 0.0689. The zero-order chi connectivity index (χ0) is 11.5. The van der Waals surface area contributed by atoms with Crippen LogP contribution in [0.25, 0.3) is 0 Å². The fourth-order valence-corrected chi connectivity index (χ4v) is 1.74. The second kappa shape index (κ2) is 4.43. The molecule has 15 heavy (non-hydrogen) atoms. The smallest absolute Gasteiger partial charge is 0.356 e. The lowest BCUT2D eigenvalue weighted by Gasteiger charge is -1.99. The van der Waals surface area contributed by atoms with Crippen molar-refractivity contribution in [3.63, 3.8) is 0 Å². The Morgan fingerprint density at radius 1 is 1.60 bits per heavy atom. The number of carboxylic acid groups (broad SMARTS) is 1. The molecular weight excluding hydrogens is 220 g/mol. The number of aryl methyl sites for hydroxylation is 1. The summed E-state index contributed by atoms with van der Waals surface area (Å²) in [6.45, 7) is 0.403. The van der Waals surface area contributed by atoms with Crippen molar-refractivity contribution in [1.29, 1.82) is 0 Å². The first-order valence-corrected chi connectivity index (χ1v) is 6.39. The predicted molar refractivity (Wildman–Crippen MR) is 53.5 cm³/mol. The Kier molecular flexibility index (Phi) is 3.46. The maximum atomic E-state index is 10.8. The van der Waals surface area contributed by atoms with Gasteiger partial charge in [0.1, 0.15) is 9.84 Å². The van der Waals surface area contributed by atoms with Crippen LogP contribution in [0.5, 0.6) is 0 Å². The van der Waals surface area contributed by atoms with Crippen LogP contribution in [0.3, 0.4) is 0 Å². The number of sulfone groups is 1. The van der Waals surface area contributed by atoms with Gasteiger partial charge in [0.05, 0.1) is 5.75 Å². The fraction of sp³-hybridized carbons (Fsp3) is 0.500. The molecule has 0 bridgehead atoms. The number of hydrogen-bond acceptors (Lipinski definition) is 4. The first kappa shape index (κ1) is 11.7. The van der Waals surface area contributed by atoms with E-state index in [1.807, 2.05) is 0 Å². The van der Waals surface area contributed by atoms with Crippen molar-refractivity contribution < 1.29 is 18.3 Å². The molecule has 84 valence electrons. The van der Waals surface area contributed by atoms with Gasteiger partial charge in [0.25, 0.3) is 0 Å². The van der Waals surface area contributed by atoms with Crippen LogP contribution in [0, 0.1) is 0 Å². The third-order valence-corrected chi connectivity index (χ3v) is 2.79. The van der Waals surface area contributed by atoms with Crippen LogP contribution in [0.2, 0.25) is 0 Å². The molecule has 0 radical (unpaired) electrons. The molecule has 0 atom stereocenters. The Labute approximate surface area is 87.4 Å². The van der Waals surface area contributed by atoms with E-state index >= 15 is 0 Å². The largest absolute Gasteiger partial charge is 0.476 e. The highest BCUT2D eigenvalue weighted by atomic mass is 32.2. The van der Waals surface area contributed by atoms with Gasteiger partial charge in [0.2, 0.25) is 0 Å². The van der Waals surface area contributed by atoms with Crippen LogP contribution in [0.4, 0.5) is 0 Å². The second-order valence-corrected chi connectivity index (χ2v) is 5.51. The molecule has 1 aromatic rings. The average Bonchev–Trinajstić information content (AvgIpc) is 2.50. The number of carbonyl (C=O) groups is 1. The highest BCUT2D eigenvalue weighted by molar-refractivity contribution is 7.90. The Bertz CT molecular complexity index is 449. The van der Waals surface area contributed by atoms with E-state index in [0.29, 0.717) is 13.0 Å². The van der Waals surface area contributed by atoms with Gasteiger partial charge < -0.3 is 5.11 Å². The molecular formula is C8H12N2O4S. The lowest BCUT2D eigenvalue weighted by Crippen LogP contribution is -2.08. The van der Waals surface area contributed by atoms with E-state index in [1.54, 1.807) is 0 Å². The lowest BCUT2D eigenvalue weighted by atomic mass is 10.4. The Morgan fingerprint density at radius 3 is 2.73 bits per heavy atom. The molecule has 0 saturated heterocycles. The van der Waals surface area contributed by atoms with Gasteiger partial charge >= 0.3 is 5.97 Å². The van der Waals surface area contributed by atoms with Gasteiger partial charge in [-0.3, -0.25) is 4.68 Å². The minimum Gasteiger partial charge on any atom is -0.476 e. The number of aromatic nitrogens is 2. The van der Waals surface area contributed by atoms with E-state index in [1.165, 1.54) is 23.2 Å². The normalized spacial score (nSPS) is 11.5. The summed E-state index contributed by atoms with van der Waals surface area (Å²) in [4.78, 5) is 10.5. The number of carboxylic acids is 1. The summed E-state index contributed by atoms with van der Waals surface area (Å²) >= 11 is 0. The maximum absolute atomic E-state index is 10.8. The summed E-state index contributed by atoms with van der Waals surface area (Å²) < 4.78 is 23.0. The Hall–Kier alpha value is -1.37. The highest BCUT2D eigenvalue weighted by Crippen LogP contribution is 1.98. The summed E-state index contributed by atoms with van der Waals surface area (Å²) in [5, 5.41) is 12.3. The average molecular weight is 232 g/mol. The van der Waals surface area contributed by atoms with Gasteiger partial charge in [0.15, 0.2) is 5.69 Å². The van der Waals surface area contributed by atoms with E-state index in [-0.39, 0.29) is 11.4 Å². The minimum absolute atomic E-state index is 0.0330. The van der Waals surface area contributed by atoms with Crippen molar-refractivity contribution in [1.82, 2.24) is 9.78 Å². The maximum Gasteiger partial charge on any atom is 0.356 e. The Balaban J connectivity index is 2.48. The topological polar surface area (TPSA) is 89.3 Å². The standard InChI is InChI=1S/C8H12N2O4S/c1-15(13,14)6-2-4-10-5-3-7(9-10)8(11)12/h3,5H,2,4,6H2,1H3,(H,11,12). The van der Waals surface area contributed by atoms with Crippen molar-refractivity contribution in [2.45, 2.75) is 13.0 Å². The third-order valence-electron chi connectivity index (χ3n) is 1.76. The quantitative estimate of drug-likeness (QED) is 0.772. The van der Waals surface area contributed by atoms with Crippen LogP contribution in [-0.4, -0.2) is 41.3 Å². The van der Waals surface area contributed by atoms with Gasteiger partial charge in [-0.05, 0) is 12.5 Å². The van der Waals surface area contributed by atoms with E-state index in [9.17, 15) is 13.2 Å². The SMILES string of the molecule is CS(=O)(=O)CCCn1ccc(C(=O)O)n1. The van der Waals surface area contributed by atoms with Crippen LogP contribution in [0.15, 0.2) is 12.3 Å². The number of rotatable bonds is 5. The van der Waals surface area contributed by atoms with E-state index < -0.39 is 15.8 Å². The zero-order valence-electron chi connectivity index (χ0n) is 8.25. The molecule has 0 unspecified atom stereocenters. The summed E-state index contributed by atoms with van der Waals surface area (Å²) in [5.41, 5.74) is -0.0330. The van der Waals surface area contributed by atoms with Gasteiger partial charge in [-0.2, -0.15) is 5.10 Å². The first-order chi connectivity index (χ1) is 6.88. The number of hydrogen-bond donors (Lipinski definition) is 1. The van der Waals surface area contributed by atoms with Gasteiger partial charge in [-0.1, -0.05) is 0 Å². The van der Waals surface area contributed by atoms with Crippen LogP contribution >= 0.6 is 0 Å². The predicted octanol–water partition coefficient (Wildman–Crippen LogP) is 0.0160. The molecule has 1 rings (SSSR count). The van der Waals surface area contributed by atoms with Gasteiger partial charge in [-0.25, -0.2) is 13.2 Å². The molecule has 0 saturated carbocycles. The van der Waals surface area contributed by atoms with Gasteiger partial charge in [0, 0.05) is 19.0 Å². The van der Waals surface area contributed by atoms with E-state index in [2.05, 4.69) is 5.10 Å². The molecule has 0 fully saturated rings. The van der Waals surface area contributed by atoms with Crippen molar-refractivity contribution in [2.24, 2.45) is 0 Å². The van der Waals surface area contributed by atoms with Crippen molar-refractivity contribution in [3.05, 3.63) is 18.0 Å². The van der Waals surface area contributed by atoms with Crippen LogP contribution in [0.1, 0.15) is 16.9 Å². The molecule has 0 aliphatic carbocycles. The van der Waals surface area contributed by atoms with Gasteiger partial charge in [-0.15, -0.1) is 0 Å². The summed E-state index contributed by atoms with van der Waals surface area (Å²) in [5.74, 6) is -1.01. The van der Waals surface area contributed by atoms with Crippen LogP contribution < -0.4 is 0 Å². The molecule has 1 aromatic heterocycles. The molecule has 0 aliphatic rings. The minimum atomic E-state index is -2.96. The summed E-state index contributed by atoms with van der Waals surface area (Å²) in [6.07, 6.45) is 3.12. The Morgan fingerprint density at radius 2 is 2.27 bits per heavy atom. The second-order valence-electron chi connectivity index (χ2n) is 3.25. The monoisotopic (exact) mass is 232 g/mol. The van der Waals surface area contributed by atoms with E-state index in [0.717, 1.165) is 0 Å². The zero-order valence-corrected chi connectivity index (χ0v) is 9.07.